The van der Waals surface area contributed by atoms with Gasteiger partial charge in [-0.1, -0.05) is 24.3 Å². The molecule has 222 valence electrons. The number of sulfone groups is 1. The number of alkyl halides is 7. The molecule has 0 aromatic heterocycles. The standard InChI is InChI=1S/C25H26F7IN2O4S/c1-14-10-16(23(26,24(27,28)29)25(30,31)32)8-9-19(14)35(22(2,3)13-40(4,38)39)21(37)12-17-15(11-20(34)36)6-5-7-18(17)33/h5-10H,11-13H2,1-4H3,(H2,34,36). The molecule has 0 saturated carbocycles. The molecule has 0 unspecified atom stereocenters. The Bertz CT molecular complexity index is 1390. The molecule has 2 amide bonds. The highest BCUT2D eigenvalue weighted by Crippen LogP contribution is 2.53. The Morgan fingerprint density at radius 1 is 0.950 bits per heavy atom. The van der Waals surface area contributed by atoms with Gasteiger partial charge in [0.1, 0.15) is 9.84 Å². The fourth-order valence-electron chi connectivity index (χ4n) is 4.50. The Labute approximate surface area is 240 Å². The van der Waals surface area contributed by atoms with Gasteiger partial charge in [-0.15, -0.1) is 0 Å². The van der Waals surface area contributed by atoms with Gasteiger partial charge in [0.25, 0.3) is 0 Å². The van der Waals surface area contributed by atoms with Gasteiger partial charge < -0.3 is 10.6 Å². The van der Waals surface area contributed by atoms with E-state index in [1.807, 2.05) is 22.6 Å². The number of benzene rings is 2. The van der Waals surface area contributed by atoms with Crippen LogP contribution in [0.15, 0.2) is 36.4 Å². The Morgan fingerprint density at radius 2 is 1.50 bits per heavy atom. The Balaban J connectivity index is 2.75. The third kappa shape index (κ3) is 7.25. The molecule has 2 rings (SSSR count). The Kier molecular flexibility index (Phi) is 9.67. The SMILES string of the molecule is Cc1cc(C(F)(C(F)(F)F)C(F)(F)F)ccc1N(C(=O)Cc1c(I)cccc1CC(N)=O)C(C)(C)CS(C)(=O)=O. The molecule has 0 radical (unpaired) electrons. The van der Waals surface area contributed by atoms with E-state index in [2.05, 4.69) is 0 Å². The van der Waals surface area contributed by atoms with Crippen molar-refractivity contribution >= 4 is 49.9 Å². The third-order valence-corrected chi connectivity index (χ3v) is 8.24. The minimum absolute atomic E-state index is 0.225. The Morgan fingerprint density at radius 3 is 1.95 bits per heavy atom. The number of amides is 2. The number of nitrogens with zero attached hydrogens (tertiary/aromatic N) is 1. The zero-order chi connectivity index (χ0) is 31.1. The van der Waals surface area contributed by atoms with E-state index in [1.165, 1.54) is 13.8 Å². The lowest BCUT2D eigenvalue weighted by molar-refractivity contribution is -0.348. The number of aryl methyl sites for hydroxylation is 1. The van der Waals surface area contributed by atoms with Gasteiger partial charge in [-0.2, -0.15) is 26.3 Å². The molecule has 0 fully saturated rings. The number of carbonyl (C=O) groups excluding carboxylic acids is 2. The number of anilines is 1. The summed E-state index contributed by atoms with van der Waals surface area (Å²) >= 11 is 1.91. The van der Waals surface area contributed by atoms with Crippen LogP contribution in [-0.4, -0.2) is 50.1 Å². The van der Waals surface area contributed by atoms with Gasteiger partial charge in [0.15, 0.2) is 0 Å². The maximum absolute atomic E-state index is 14.7. The van der Waals surface area contributed by atoms with Crippen molar-refractivity contribution in [1.82, 2.24) is 0 Å². The first-order valence-electron chi connectivity index (χ1n) is 11.4. The van der Waals surface area contributed by atoms with Gasteiger partial charge in [-0.3, -0.25) is 9.59 Å². The minimum atomic E-state index is -6.34. The van der Waals surface area contributed by atoms with Crippen LogP contribution in [0.4, 0.5) is 36.4 Å². The number of halogens is 8. The van der Waals surface area contributed by atoms with Crippen molar-refractivity contribution in [3.8, 4) is 0 Å². The van der Waals surface area contributed by atoms with Gasteiger partial charge >= 0.3 is 18.0 Å². The summed E-state index contributed by atoms with van der Waals surface area (Å²) in [6.07, 6.45) is -12.4. The number of hydrogen-bond donors (Lipinski definition) is 1. The van der Waals surface area contributed by atoms with Gasteiger partial charge in [0.2, 0.25) is 11.8 Å². The average molecular weight is 710 g/mol. The zero-order valence-corrected chi connectivity index (χ0v) is 24.6. The molecule has 2 aromatic carbocycles. The van der Waals surface area contributed by atoms with Crippen LogP contribution >= 0.6 is 22.6 Å². The second-order valence-electron chi connectivity index (χ2n) is 9.96. The van der Waals surface area contributed by atoms with E-state index in [4.69, 9.17) is 5.73 Å². The number of rotatable bonds is 9. The summed E-state index contributed by atoms with van der Waals surface area (Å²) in [5.74, 6) is -2.11. The van der Waals surface area contributed by atoms with Crippen molar-refractivity contribution in [2.24, 2.45) is 5.73 Å². The first-order valence-corrected chi connectivity index (χ1v) is 14.5. The Hall–Kier alpha value is -2.43. The van der Waals surface area contributed by atoms with Crippen LogP contribution in [0.3, 0.4) is 0 Å². The topological polar surface area (TPSA) is 97.5 Å². The van der Waals surface area contributed by atoms with Gasteiger partial charge in [0, 0.05) is 21.1 Å². The van der Waals surface area contributed by atoms with Crippen LogP contribution in [0, 0.1) is 10.5 Å². The quantitative estimate of drug-likeness (QED) is 0.282. The van der Waals surface area contributed by atoms with Gasteiger partial charge in [0.05, 0.1) is 24.1 Å². The van der Waals surface area contributed by atoms with Crippen LogP contribution in [0.25, 0.3) is 0 Å². The molecule has 2 aromatic rings. The molecule has 0 aliphatic heterocycles. The third-order valence-electron chi connectivity index (χ3n) is 6.00. The summed E-state index contributed by atoms with van der Waals surface area (Å²) in [5, 5.41) is 0. The lowest BCUT2D eigenvalue weighted by Gasteiger charge is -2.40. The van der Waals surface area contributed by atoms with E-state index >= 15 is 0 Å². The van der Waals surface area contributed by atoms with E-state index in [9.17, 15) is 48.7 Å². The normalized spacial score (nSPS) is 13.3. The first-order chi connectivity index (χ1) is 17.9. The zero-order valence-electron chi connectivity index (χ0n) is 21.7. The molecule has 0 atom stereocenters. The van der Waals surface area contributed by atoms with Crippen molar-refractivity contribution in [3.63, 3.8) is 0 Å². The molecular weight excluding hydrogens is 684 g/mol. The fourth-order valence-corrected chi connectivity index (χ4v) is 6.65. The fraction of sp³-hybridized carbons (Fsp3) is 0.440. The van der Waals surface area contributed by atoms with E-state index in [1.54, 1.807) is 18.2 Å². The number of carbonyl (C=O) groups is 2. The van der Waals surface area contributed by atoms with Crippen LogP contribution in [0.1, 0.15) is 36.1 Å². The molecular formula is C25H26F7IN2O4S. The largest absolute Gasteiger partial charge is 0.435 e. The number of hydrogen-bond acceptors (Lipinski definition) is 4. The number of nitrogens with two attached hydrogens (primary N) is 1. The van der Waals surface area contributed by atoms with E-state index in [-0.39, 0.29) is 23.7 Å². The highest BCUT2D eigenvalue weighted by molar-refractivity contribution is 14.1. The molecule has 40 heavy (non-hydrogen) atoms. The molecule has 0 spiro atoms. The molecule has 0 aliphatic carbocycles. The maximum Gasteiger partial charge on any atom is 0.435 e. The summed E-state index contributed by atoms with van der Waals surface area (Å²) in [7, 11) is -3.77. The summed E-state index contributed by atoms with van der Waals surface area (Å²) < 4.78 is 120. The van der Waals surface area contributed by atoms with Crippen molar-refractivity contribution in [3.05, 3.63) is 62.2 Å². The number of primary amides is 1. The summed E-state index contributed by atoms with van der Waals surface area (Å²) in [5.41, 5.74) is -3.50. The van der Waals surface area contributed by atoms with Crippen molar-refractivity contribution in [2.75, 3.05) is 16.9 Å². The predicted octanol–water partition coefficient (Wildman–Crippen LogP) is 5.32. The first kappa shape index (κ1) is 33.8. The average Bonchev–Trinajstić information content (AvgIpc) is 2.73. The highest BCUT2D eigenvalue weighted by Gasteiger charge is 2.73. The van der Waals surface area contributed by atoms with Crippen LogP contribution in [-0.2, 0) is 37.9 Å². The minimum Gasteiger partial charge on any atom is -0.369 e. The van der Waals surface area contributed by atoms with Crippen LogP contribution in [0.2, 0.25) is 0 Å². The molecule has 0 bridgehead atoms. The molecule has 0 aliphatic rings. The second-order valence-corrected chi connectivity index (χ2v) is 13.3. The van der Waals surface area contributed by atoms with Crippen LogP contribution < -0.4 is 10.6 Å². The van der Waals surface area contributed by atoms with Gasteiger partial charge in [-0.05, 0) is 72.2 Å². The van der Waals surface area contributed by atoms with Crippen molar-refractivity contribution in [2.45, 2.75) is 57.2 Å². The lowest BCUT2D eigenvalue weighted by Crippen LogP contribution is -2.53. The lowest BCUT2D eigenvalue weighted by atomic mass is 9.91. The maximum atomic E-state index is 14.7. The smallest absolute Gasteiger partial charge is 0.369 e. The summed E-state index contributed by atoms with van der Waals surface area (Å²) in [6.45, 7) is 3.78. The van der Waals surface area contributed by atoms with E-state index in [0.717, 1.165) is 24.1 Å². The summed E-state index contributed by atoms with van der Waals surface area (Å²) in [4.78, 5) is 26.3. The monoisotopic (exact) mass is 710 g/mol. The van der Waals surface area contributed by atoms with Crippen molar-refractivity contribution < 1.29 is 48.7 Å². The van der Waals surface area contributed by atoms with E-state index in [0.29, 0.717) is 20.8 Å². The molecule has 6 nitrogen and oxygen atoms in total. The van der Waals surface area contributed by atoms with Crippen LogP contribution in [0.5, 0.6) is 0 Å². The molecule has 0 heterocycles. The van der Waals surface area contributed by atoms with Crippen molar-refractivity contribution in [1.29, 1.82) is 0 Å². The van der Waals surface area contributed by atoms with Gasteiger partial charge in [-0.25, -0.2) is 12.8 Å². The molecule has 15 heteroatoms. The highest BCUT2D eigenvalue weighted by atomic mass is 127. The summed E-state index contributed by atoms with van der Waals surface area (Å²) in [6, 6.07) is 6.12. The van der Waals surface area contributed by atoms with E-state index < -0.39 is 62.9 Å². The predicted molar refractivity (Wildman–Crippen MR) is 143 cm³/mol. The molecule has 2 N–H and O–H groups in total. The molecule has 0 saturated heterocycles. The second kappa shape index (κ2) is 11.4.